The largest absolute Gasteiger partial charge is 0.482 e. The fourth-order valence-electron chi connectivity index (χ4n) is 3.21. The molecule has 0 unspecified atom stereocenters. The number of para-hydroxylation sites is 2. The fourth-order valence-corrected chi connectivity index (χ4v) is 3.21. The Morgan fingerprint density at radius 3 is 2.52 bits per heavy atom. The summed E-state index contributed by atoms with van der Waals surface area (Å²) in [6.45, 7) is 3.92. The first-order chi connectivity index (χ1) is 12.2. The van der Waals surface area contributed by atoms with Crippen LogP contribution in [0.15, 0.2) is 42.6 Å². The van der Waals surface area contributed by atoms with Crippen molar-refractivity contribution in [3.8, 4) is 11.5 Å². The maximum absolute atomic E-state index is 12.6. The highest BCUT2D eigenvalue weighted by Gasteiger charge is 2.34. The topological polar surface area (TPSA) is 63.7 Å². The molecule has 0 spiro atoms. The number of fused-ring (bicyclic) bond motifs is 1. The second kappa shape index (κ2) is 6.63. The van der Waals surface area contributed by atoms with Crippen LogP contribution in [0.2, 0.25) is 0 Å². The summed E-state index contributed by atoms with van der Waals surface area (Å²) in [6, 6.07) is 11.2. The normalized spacial score (nSPS) is 21.9. The van der Waals surface area contributed by atoms with Crippen LogP contribution in [0.3, 0.4) is 0 Å². The van der Waals surface area contributed by atoms with Gasteiger partial charge in [0.2, 0.25) is 6.10 Å². The van der Waals surface area contributed by atoms with E-state index in [1.807, 2.05) is 37.3 Å². The molecule has 4 rings (SSSR count). The molecule has 0 saturated carbocycles. The molecule has 0 aliphatic carbocycles. The predicted molar refractivity (Wildman–Crippen MR) is 95.3 cm³/mol. The molecule has 0 radical (unpaired) electrons. The van der Waals surface area contributed by atoms with Crippen molar-refractivity contribution in [2.45, 2.75) is 32.0 Å². The smallest absolute Gasteiger partial charge is 0.269 e. The van der Waals surface area contributed by atoms with E-state index in [2.05, 4.69) is 15.2 Å². The van der Waals surface area contributed by atoms with Crippen molar-refractivity contribution in [3.05, 3.63) is 42.6 Å². The lowest BCUT2D eigenvalue weighted by atomic mass is 10.1. The maximum Gasteiger partial charge on any atom is 0.269 e. The molecule has 130 valence electrons. The SMILES string of the molecule is C[C@H]1Oc2ccccc2O[C@H]1C(=O)Nc1ccc(N2CCCC2)nc1. The number of amides is 1. The molecule has 1 saturated heterocycles. The number of rotatable bonds is 3. The minimum atomic E-state index is -0.701. The van der Waals surface area contributed by atoms with Crippen LogP contribution in [0, 0.1) is 0 Å². The highest BCUT2D eigenvalue weighted by atomic mass is 16.6. The van der Waals surface area contributed by atoms with Gasteiger partial charge in [-0.05, 0) is 44.0 Å². The van der Waals surface area contributed by atoms with Crippen LogP contribution in [0.1, 0.15) is 19.8 Å². The Morgan fingerprint density at radius 1 is 1.12 bits per heavy atom. The van der Waals surface area contributed by atoms with Gasteiger partial charge in [0.25, 0.3) is 5.91 Å². The first-order valence-electron chi connectivity index (χ1n) is 8.65. The van der Waals surface area contributed by atoms with E-state index < -0.39 is 6.10 Å². The molecule has 25 heavy (non-hydrogen) atoms. The van der Waals surface area contributed by atoms with Gasteiger partial charge in [-0.2, -0.15) is 0 Å². The summed E-state index contributed by atoms with van der Waals surface area (Å²) in [5.74, 6) is 1.96. The lowest BCUT2D eigenvalue weighted by Crippen LogP contribution is -2.46. The summed E-state index contributed by atoms with van der Waals surface area (Å²) in [4.78, 5) is 19.3. The van der Waals surface area contributed by atoms with Crippen LogP contribution in [0.25, 0.3) is 0 Å². The van der Waals surface area contributed by atoms with Gasteiger partial charge in [-0.15, -0.1) is 0 Å². The van der Waals surface area contributed by atoms with Crippen LogP contribution < -0.4 is 19.7 Å². The third kappa shape index (κ3) is 3.24. The Hall–Kier alpha value is -2.76. The lowest BCUT2D eigenvalue weighted by molar-refractivity contribution is -0.128. The fraction of sp³-hybridized carbons (Fsp3) is 0.368. The zero-order valence-electron chi connectivity index (χ0n) is 14.1. The van der Waals surface area contributed by atoms with Gasteiger partial charge >= 0.3 is 0 Å². The summed E-state index contributed by atoms with van der Waals surface area (Å²) in [7, 11) is 0. The van der Waals surface area contributed by atoms with Crippen LogP contribution in [-0.2, 0) is 4.79 Å². The quantitative estimate of drug-likeness (QED) is 0.932. The van der Waals surface area contributed by atoms with Gasteiger partial charge in [-0.3, -0.25) is 4.79 Å². The first kappa shape index (κ1) is 15.7. The minimum absolute atomic E-state index is 0.238. The lowest BCUT2D eigenvalue weighted by Gasteiger charge is -2.31. The molecule has 1 amide bonds. The molecule has 1 aromatic carbocycles. The highest BCUT2D eigenvalue weighted by molar-refractivity contribution is 5.95. The number of benzene rings is 1. The number of pyridine rings is 1. The van der Waals surface area contributed by atoms with Gasteiger partial charge < -0.3 is 19.7 Å². The monoisotopic (exact) mass is 339 g/mol. The summed E-state index contributed by atoms with van der Waals surface area (Å²) in [5, 5.41) is 2.87. The first-order valence-corrected chi connectivity index (χ1v) is 8.65. The van der Waals surface area contributed by atoms with Crippen molar-refractivity contribution in [2.24, 2.45) is 0 Å². The molecular formula is C19H21N3O3. The summed E-state index contributed by atoms with van der Waals surface area (Å²) >= 11 is 0. The molecule has 3 heterocycles. The molecule has 2 aromatic rings. The summed E-state index contributed by atoms with van der Waals surface area (Å²) < 4.78 is 11.6. The summed E-state index contributed by atoms with van der Waals surface area (Å²) in [6.07, 6.45) is 3.03. The van der Waals surface area contributed by atoms with E-state index in [1.54, 1.807) is 12.3 Å². The van der Waals surface area contributed by atoms with E-state index in [9.17, 15) is 4.79 Å². The molecule has 1 fully saturated rings. The standard InChI is InChI=1S/C19H21N3O3/c1-13-18(25-16-7-3-2-6-15(16)24-13)19(23)21-14-8-9-17(20-12-14)22-10-4-5-11-22/h2-3,6-9,12-13,18H,4-5,10-11H2,1H3,(H,21,23)/t13-,18-/m1/s1. The van der Waals surface area contributed by atoms with E-state index in [0.717, 1.165) is 18.9 Å². The average Bonchev–Trinajstić information content (AvgIpc) is 3.16. The number of carbonyl (C=O) groups excluding carboxylic acids is 1. The molecular weight excluding hydrogens is 318 g/mol. The van der Waals surface area contributed by atoms with Crippen LogP contribution in [0.5, 0.6) is 11.5 Å². The second-order valence-electron chi connectivity index (χ2n) is 6.40. The molecule has 1 N–H and O–H groups in total. The van der Waals surface area contributed by atoms with E-state index in [-0.39, 0.29) is 12.0 Å². The van der Waals surface area contributed by atoms with Crippen molar-refractivity contribution in [2.75, 3.05) is 23.3 Å². The van der Waals surface area contributed by atoms with Crippen molar-refractivity contribution in [1.29, 1.82) is 0 Å². The summed E-state index contributed by atoms with van der Waals surface area (Å²) in [5.41, 5.74) is 0.655. The number of anilines is 2. The van der Waals surface area contributed by atoms with Gasteiger partial charge in [-0.25, -0.2) is 4.98 Å². The predicted octanol–water partition coefficient (Wildman–Crippen LogP) is 2.85. The molecule has 2 aliphatic heterocycles. The van der Waals surface area contributed by atoms with E-state index >= 15 is 0 Å². The van der Waals surface area contributed by atoms with Crippen LogP contribution in [0.4, 0.5) is 11.5 Å². The van der Waals surface area contributed by atoms with Crippen molar-refractivity contribution >= 4 is 17.4 Å². The molecule has 6 heteroatoms. The zero-order valence-corrected chi connectivity index (χ0v) is 14.1. The maximum atomic E-state index is 12.6. The number of hydrogen-bond acceptors (Lipinski definition) is 5. The molecule has 1 aromatic heterocycles. The highest BCUT2D eigenvalue weighted by Crippen LogP contribution is 2.33. The van der Waals surface area contributed by atoms with E-state index in [1.165, 1.54) is 12.8 Å². The molecule has 0 bridgehead atoms. The minimum Gasteiger partial charge on any atom is -0.482 e. The van der Waals surface area contributed by atoms with Crippen molar-refractivity contribution in [1.82, 2.24) is 4.98 Å². The Labute approximate surface area is 146 Å². The number of hydrogen-bond donors (Lipinski definition) is 1. The number of carbonyl (C=O) groups is 1. The van der Waals surface area contributed by atoms with Gasteiger partial charge in [0.15, 0.2) is 11.5 Å². The number of ether oxygens (including phenoxy) is 2. The van der Waals surface area contributed by atoms with Crippen LogP contribution >= 0.6 is 0 Å². The number of nitrogens with zero attached hydrogens (tertiary/aromatic N) is 2. The van der Waals surface area contributed by atoms with E-state index in [0.29, 0.717) is 17.2 Å². The van der Waals surface area contributed by atoms with Gasteiger partial charge in [0.05, 0.1) is 11.9 Å². The zero-order chi connectivity index (χ0) is 17.2. The Bertz CT molecular complexity index is 757. The van der Waals surface area contributed by atoms with E-state index in [4.69, 9.17) is 9.47 Å². The average molecular weight is 339 g/mol. The third-order valence-corrected chi connectivity index (χ3v) is 4.55. The molecule has 6 nitrogen and oxygen atoms in total. The Balaban J connectivity index is 1.43. The number of nitrogens with one attached hydrogen (secondary N) is 1. The Morgan fingerprint density at radius 2 is 1.84 bits per heavy atom. The third-order valence-electron chi connectivity index (χ3n) is 4.55. The van der Waals surface area contributed by atoms with Gasteiger partial charge in [0, 0.05) is 13.1 Å². The van der Waals surface area contributed by atoms with Gasteiger partial charge in [0.1, 0.15) is 11.9 Å². The van der Waals surface area contributed by atoms with Crippen molar-refractivity contribution in [3.63, 3.8) is 0 Å². The van der Waals surface area contributed by atoms with Crippen LogP contribution in [-0.4, -0.2) is 36.2 Å². The number of aromatic nitrogens is 1. The van der Waals surface area contributed by atoms with Gasteiger partial charge in [-0.1, -0.05) is 12.1 Å². The Kier molecular flexibility index (Phi) is 4.17. The molecule has 2 atom stereocenters. The molecule has 2 aliphatic rings. The second-order valence-corrected chi connectivity index (χ2v) is 6.40. The van der Waals surface area contributed by atoms with Crippen molar-refractivity contribution < 1.29 is 14.3 Å².